The third kappa shape index (κ3) is 2.23. The highest BCUT2D eigenvalue weighted by Crippen LogP contribution is 2.40. The topological polar surface area (TPSA) is 50.8 Å². The molecule has 0 aliphatic heterocycles. The first kappa shape index (κ1) is 14.1. The lowest BCUT2D eigenvalue weighted by Gasteiger charge is -2.22. The van der Waals surface area contributed by atoms with E-state index in [1.165, 1.54) is 22.4 Å². The van der Waals surface area contributed by atoms with Crippen molar-refractivity contribution in [1.82, 2.24) is 15.0 Å². The number of H-pyrrole nitrogens is 1. The van der Waals surface area contributed by atoms with Gasteiger partial charge in [0.05, 0.1) is 18.5 Å². The van der Waals surface area contributed by atoms with Crippen molar-refractivity contribution in [3.63, 3.8) is 0 Å². The molecule has 1 aliphatic carbocycles. The van der Waals surface area contributed by atoms with Crippen LogP contribution in [0.2, 0.25) is 0 Å². The van der Waals surface area contributed by atoms with Gasteiger partial charge in [0.2, 0.25) is 0 Å². The van der Waals surface area contributed by atoms with E-state index >= 15 is 0 Å². The molecule has 2 aromatic rings. The van der Waals surface area contributed by atoms with E-state index in [0.29, 0.717) is 17.8 Å². The van der Waals surface area contributed by atoms with Gasteiger partial charge in [-0.2, -0.15) is 9.97 Å². The number of methoxy groups -OCH3 is 1. The number of hydrogen-bond acceptors (Lipinski definition) is 3. The average molecular weight is 285 g/mol. The number of ether oxygens (including phenoxy) is 1. The molecule has 0 unspecified atom stereocenters. The first-order valence-electron chi connectivity index (χ1n) is 7.68. The molecule has 21 heavy (non-hydrogen) atoms. The molecular weight excluding hydrogens is 262 g/mol. The monoisotopic (exact) mass is 285 g/mol. The summed E-state index contributed by atoms with van der Waals surface area (Å²) in [5, 5.41) is 0. The molecule has 0 aromatic carbocycles. The van der Waals surface area contributed by atoms with Crippen molar-refractivity contribution in [2.45, 2.75) is 52.4 Å². The lowest BCUT2D eigenvalue weighted by Crippen LogP contribution is -2.13. The zero-order chi connectivity index (χ0) is 15.1. The fourth-order valence-electron chi connectivity index (χ4n) is 3.17. The predicted octanol–water partition coefficient (Wildman–Crippen LogP) is 3.83. The molecule has 2 heterocycles. The lowest BCUT2D eigenvalue weighted by molar-refractivity contribution is 0.377. The SMILES string of the molecule is COc1nc2c(c(C(C)C)n1)CCc1[nH]cc(C(C)C)c1-2. The van der Waals surface area contributed by atoms with E-state index in [1.54, 1.807) is 7.11 Å². The molecule has 1 N–H and O–H groups in total. The van der Waals surface area contributed by atoms with Crippen molar-refractivity contribution in [2.24, 2.45) is 0 Å². The number of fused-ring (bicyclic) bond motifs is 3. The average Bonchev–Trinajstić information content (AvgIpc) is 2.90. The highest BCUT2D eigenvalue weighted by molar-refractivity contribution is 5.73. The zero-order valence-corrected chi connectivity index (χ0v) is 13.4. The second-order valence-corrected chi connectivity index (χ2v) is 6.33. The van der Waals surface area contributed by atoms with Gasteiger partial charge in [-0.05, 0) is 30.2 Å². The van der Waals surface area contributed by atoms with Gasteiger partial charge in [0.1, 0.15) is 0 Å². The molecule has 4 nitrogen and oxygen atoms in total. The Bertz CT molecular complexity index is 671. The molecule has 0 fully saturated rings. The Balaban J connectivity index is 2.28. The molecule has 112 valence electrons. The standard InChI is InChI=1S/C17H23N3O/c1-9(2)12-8-18-13-7-6-11-15(10(3)4)19-17(21-5)20-16(11)14(12)13/h8-10,18H,6-7H2,1-5H3. The summed E-state index contributed by atoms with van der Waals surface area (Å²) in [5.41, 5.74) is 7.38. The summed E-state index contributed by atoms with van der Waals surface area (Å²) < 4.78 is 5.33. The maximum absolute atomic E-state index is 5.33. The predicted molar refractivity (Wildman–Crippen MR) is 84.0 cm³/mol. The van der Waals surface area contributed by atoms with E-state index in [4.69, 9.17) is 4.74 Å². The molecule has 0 saturated carbocycles. The Labute approximate surface area is 126 Å². The molecule has 3 rings (SSSR count). The van der Waals surface area contributed by atoms with Crippen molar-refractivity contribution < 1.29 is 4.74 Å². The van der Waals surface area contributed by atoms with Crippen LogP contribution in [0.15, 0.2) is 6.20 Å². The largest absolute Gasteiger partial charge is 0.467 e. The van der Waals surface area contributed by atoms with Crippen LogP contribution in [-0.4, -0.2) is 22.1 Å². The maximum atomic E-state index is 5.33. The van der Waals surface area contributed by atoms with Crippen LogP contribution in [0.3, 0.4) is 0 Å². The normalized spacial score (nSPS) is 13.5. The Morgan fingerprint density at radius 3 is 2.48 bits per heavy atom. The first-order valence-corrected chi connectivity index (χ1v) is 7.68. The molecule has 0 atom stereocenters. The minimum absolute atomic E-state index is 0.374. The fourth-order valence-corrected chi connectivity index (χ4v) is 3.17. The van der Waals surface area contributed by atoms with Gasteiger partial charge >= 0.3 is 6.01 Å². The minimum Gasteiger partial charge on any atom is -0.467 e. The van der Waals surface area contributed by atoms with Crippen LogP contribution in [0.25, 0.3) is 11.3 Å². The van der Waals surface area contributed by atoms with E-state index in [2.05, 4.69) is 48.8 Å². The van der Waals surface area contributed by atoms with E-state index < -0.39 is 0 Å². The molecule has 4 heteroatoms. The van der Waals surface area contributed by atoms with Crippen LogP contribution in [0, 0.1) is 0 Å². The Morgan fingerprint density at radius 2 is 1.86 bits per heavy atom. The number of hydrogen-bond donors (Lipinski definition) is 1. The van der Waals surface area contributed by atoms with Gasteiger partial charge in [0.15, 0.2) is 0 Å². The molecule has 0 radical (unpaired) electrons. The Hall–Kier alpha value is -1.84. The van der Waals surface area contributed by atoms with Crippen molar-refractivity contribution in [3.05, 3.63) is 28.7 Å². The van der Waals surface area contributed by atoms with Crippen LogP contribution in [0.1, 0.15) is 62.0 Å². The highest BCUT2D eigenvalue weighted by atomic mass is 16.5. The van der Waals surface area contributed by atoms with Crippen LogP contribution < -0.4 is 4.74 Å². The van der Waals surface area contributed by atoms with Crippen molar-refractivity contribution in [3.8, 4) is 17.3 Å². The molecule has 0 bridgehead atoms. The summed E-state index contributed by atoms with van der Waals surface area (Å²) in [4.78, 5) is 12.7. The van der Waals surface area contributed by atoms with Gasteiger partial charge in [-0.15, -0.1) is 0 Å². The molecule has 2 aromatic heterocycles. The number of aromatic nitrogens is 3. The maximum Gasteiger partial charge on any atom is 0.316 e. The van der Waals surface area contributed by atoms with Crippen LogP contribution in [0.4, 0.5) is 0 Å². The van der Waals surface area contributed by atoms with Crippen LogP contribution >= 0.6 is 0 Å². The second-order valence-electron chi connectivity index (χ2n) is 6.33. The quantitative estimate of drug-likeness (QED) is 0.932. The van der Waals surface area contributed by atoms with Gasteiger partial charge in [0.25, 0.3) is 0 Å². The molecule has 0 amide bonds. The summed E-state index contributed by atoms with van der Waals surface area (Å²) >= 11 is 0. The second kappa shape index (κ2) is 5.17. The van der Waals surface area contributed by atoms with E-state index in [-0.39, 0.29) is 0 Å². The Kier molecular flexibility index (Phi) is 3.47. The number of rotatable bonds is 3. The van der Waals surface area contributed by atoms with E-state index in [0.717, 1.165) is 24.2 Å². The highest BCUT2D eigenvalue weighted by Gasteiger charge is 2.27. The minimum atomic E-state index is 0.374. The van der Waals surface area contributed by atoms with Crippen molar-refractivity contribution in [2.75, 3.05) is 7.11 Å². The molecule has 1 aliphatic rings. The fraction of sp³-hybridized carbons (Fsp3) is 0.529. The van der Waals surface area contributed by atoms with E-state index in [9.17, 15) is 0 Å². The zero-order valence-electron chi connectivity index (χ0n) is 13.4. The third-order valence-corrected chi connectivity index (χ3v) is 4.22. The summed E-state index contributed by atoms with van der Waals surface area (Å²) in [6.07, 6.45) is 4.16. The van der Waals surface area contributed by atoms with Crippen LogP contribution in [-0.2, 0) is 12.8 Å². The number of nitrogens with one attached hydrogen (secondary N) is 1. The summed E-state index contributed by atoms with van der Waals surface area (Å²) in [6, 6.07) is 0.473. The van der Waals surface area contributed by atoms with Gasteiger partial charge < -0.3 is 9.72 Å². The third-order valence-electron chi connectivity index (χ3n) is 4.22. The van der Waals surface area contributed by atoms with E-state index in [1.807, 2.05) is 0 Å². The van der Waals surface area contributed by atoms with Gasteiger partial charge in [-0.3, -0.25) is 0 Å². The van der Waals surface area contributed by atoms with Crippen molar-refractivity contribution >= 4 is 0 Å². The summed E-state index contributed by atoms with van der Waals surface area (Å²) in [7, 11) is 1.63. The summed E-state index contributed by atoms with van der Waals surface area (Å²) in [5.74, 6) is 0.845. The van der Waals surface area contributed by atoms with Crippen molar-refractivity contribution in [1.29, 1.82) is 0 Å². The van der Waals surface area contributed by atoms with Gasteiger partial charge in [0, 0.05) is 23.0 Å². The Morgan fingerprint density at radius 1 is 1.10 bits per heavy atom. The number of nitrogens with zero attached hydrogens (tertiary/aromatic N) is 2. The number of aromatic amines is 1. The van der Waals surface area contributed by atoms with Crippen LogP contribution in [0.5, 0.6) is 6.01 Å². The lowest BCUT2D eigenvalue weighted by atomic mass is 9.86. The van der Waals surface area contributed by atoms with Gasteiger partial charge in [-0.1, -0.05) is 27.7 Å². The molecule has 0 saturated heterocycles. The number of aryl methyl sites for hydroxylation is 1. The summed E-state index contributed by atoms with van der Waals surface area (Å²) in [6.45, 7) is 8.80. The molecular formula is C17H23N3O. The van der Waals surface area contributed by atoms with Gasteiger partial charge in [-0.25, -0.2) is 0 Å². The smallest absolute Gasteiger partial charge is 0.316 e. The first-order chi connectivity index (χ1) is 10.0. The molecule has 0 spiro atoms.